The topological polar surface area (TPSA) is 66.5 Å². The number of nitrogens with zero attached hydrogens (tertiary/aromatic N) is 1. The highest BCUT2D eigenvalue weighted by Gasteiger charge is 2.31. The fourth-order valence-electron chi connectivity index (χ4n) is 3.09. The third kappa shape index (κ3) is 6.44. The number of benzene rings is 1. The predicted octanol–water partition coefficient (Wildman–Crippen LogP) is 2.43. The van der Waals surface area contributed by atoms with Crippen LogP contribution in [0.2, 0.25) is 0 Å². The largest absolute Gasteiger partial charge is 0.356 e. The Bertz CT molecular complexity index is 644. The number of rotatable bonds is 8. The standard InChI is InChI=1S/C19H30N2O3S/c1-16(2)14-20-19(22)18-11-6-12-21(15-18)25(23,24)13-7-10-17-8-4-3-5-9-17/h3-5,8-9,16,18H,6-7,10-15H2,1-2H3,(H,20,22). The number of piperidine rings is 1. The van der Waals surface area contributed by atoms with Crippen molar-refractivity contribution in [2.45, 2.75) is 39.5 Å². The van der Waals surface area contributed by atoms with Gasteiger partial charge in [-0.3, -0.25) is 4.79 Å². The van der Waals surface area contributed by atoms with Gasteiger partial charge < -0.3 is 5.32 Å². The number of hydrogen-bond acceptors (Lipinski definition) is 3. The molecule has 1 atom stereocenters. The van der Waals surface area contributed by atoms with E-state index < -0.39 is 10.0 Å². The van der Waals surface area contributed by atoms with Crippen molar-refractivity contribution in [3.05, 3.63) is 35.9 Å². The molecule has 1 aromatic carbocycles. The number of amides is 1. The molecule has 1 aliphatic rings. The lowest BCUT2D eigenvalue weighted by Crippen LogP contribution is -2.46. The average molecular weight is 367 g/mol. The predicted molar refractivity (Wildman–Crippen MR) is 101 cm³/mol. The van der Waals surface area contributed by atoms with Crippen molar-refractivity contribution < 1.29 is 13.2 Å². The molecular weight excluding hydrogens is 336 g/mol. The Hall–Kier alpha value is -1.40. The molecule has 1 aliphatic heterocycles. The Morgan fingerprint density at radius 3 is 2.68 bits per heavy atom. The molecule has 1 N–H and O–H groups in total. The number of sulfonamides is 1. The van der Waals surface area contributed by atoms with Crippen molar-refractivity contribution in [3.8, 4) is 0 Å². The zero-order chi connectivity index (χ0) is 18.3. The molecule has 1 unspecified atom stereocenters. The van der Waals surface area contributed by atoms with E-state index in [0.717, 1.165) is 24.8 Å². The van der Waals surface area contributed by atoms with E-state index in [1.807, 2.05) is 44.2 Å². The van der Waals surface area contributed by atoms with E-state index in [-0.39, 0.29) is 17.6 Å². The highest BCUT2D eigenvalue weighted by Crippen LogP contribution is 2.20. The van der Waals surface area contributed by atoms with Gasteiger partial charge in [-0.2, -0.15) is 0 Å². The molecule has 1 amide bonds. The maximum atomic E-state index is 12.6. The van der Waals surface area contributed by atoms with Crippen LogP contribution in [-0.2, 0) is 21.2 Å². The molecule has 0 radical (unpaired) electrons. The van der Waals surface area contributed by atoms with Crippen molar-refractivity contribution in [1.29, 1.82) is 0 Å². The van der Waals surface area contributed by atoms with E-state index in [1.54, 1.807) is 0 Å². The molecule has 1 fully saturated rings. The lowest BCUT2D eigenvalue weighted by molar-refractivity contribution is -0.126. The third-order valence-corrected chi connectivity index (χ3v) is 6.47. The Kier molecular flexibility index (Phi) is 7.44. The van der Waals surface area contributed by atoms with E-state index in [4.69, 9.17) is 0 Å². The maximum Gasteiger partial charge on any atom is 0.224 e. The summed E-state index contributed by atoms with van der Waals surface area (Å²) in [5, 5.41) is 2.93. The van der Waals surface area contributed by atoms with E-state index in [0.29, 0.717) is 32.0 Å². The van der Waals surface area contributed by atoms with Crippen molar-refractivity contribution in [2.75, 3.05) is 25.4 Å². The minimum atomic E-state index is -3.30. The van der Waals surface area contributed by atoms with Gasteiger partial charge in [0.05, 0.1) is 11.7 Å². The van der Waals surface area contributed by atoms with Gasteiger partial charge in [0.2, 0.25) is 15.9 Å². The van der Waals surface area contributed by atoms with Crippen LogP contribution in [0.5, 0.6) is 0 Å². The van der Waals surface area contributed by atoms with E-state index in [1.165, 1.54) is 4.31 Å². The molecule has 1 aromatic rings. The van der Waals surface area contributed by atoms with Gasteiger partial charge in [-0.25, -0.2) is 12.7 Å². The molecule has 0 bridgehead atoms. The summed E-state index contributed by atoms with van der Waals surface area (Å²) in [5.74, 6) is 0.294. The second-order valence-electron chi connectivity index (χ2n) is 7.24. The van der Waals surface area contributed by atoms with E-state index in [9.17, 15) is 13.2 Å². The minimum Gasteiger partial charge on any atom is -0.356 e. The maximum absolute atomic E-state index is 12.6. The summed E-state index contributed by atoms with van der Waals surface area (Å²) in [5.41, 5.74) is 1.15. The fourth-order valence-corrected chi connectivity index (χ4v) is 4.67. The first-order chi connectivity index (χ1) is 11.9. The molecule has 0 spiro atoms. The summed E-state index contributed by atoms with van der Waals surface area (Å²) in [7, 11) is -3.30. The van der Waals surface area contributed by atoms with Gasteiger partial charge in [0.1, 0.15) is 0 Å². The molecule has 1 heterocycles. The highest BCUT2D eigenvalue weighted by molar-refractivity contribution is 7.89. The molecule has 6 heteroatoms. The number of nitrogens with one attached hydrogen (secondary N) is 1. The van der Waals surface area contributed by atoms with Crippen LogP contribution < -0.4 is 5.32 Å². The molecule has 2 rings (SSSR count). The lowest BCUT2D eigenvalue weighted by Gasteiger charge is -2.31. The first kappa shape index (κ1) is 19.9. The van der Waals surface area contributed by atoms with Crippen LogP contribution in [0.3, 0.4) is 0 Å². The Morgan fingerprint density at radius 1 is 1.28 bits per heavy atom. The van der Waals surface area contributed by atoms with E-state index >= 15 is 0 Å². The van der Waals surface area contributed by atoms with Gasteiger partial charge in [0.25, 0.3) is 0 Å². The number of carbonyl (C=O) groups excluding carboxylic acids is 1. The quantitative estimate of drug-likeness (QED) is 0.768. The monoisotopic (exact) mass is 366 g/mol. The Labute approximate surface area is 151 Å². The van der Waals surface area contributed by atoms with Crippen molar-refractivity contribution >= 4 is 15.9 Å². The normalized spacial score (nSPS) is 19.1. The summed E-state index contributed by atoms with van der Waals surface area (Å²) in [6.07, 6.45) is 2.87. The summed E-state index contributed by atoms with van der Waals surface area (Å²) in [6, 6.07) is 9.92. The SMILES string of the molecule is CC(C)CNC(=O)C1CCCN(S(=O)(=O)CCCc2ccccc2)C1. The third-order valence-electron chi connectivity index (χ3n) is 4.54. The van der Waals surface area contributed by atoms with Gasteiger partial charge in [0.15, 0.2) is 0 Å². The molecule has 140 valence electrons. The zero-order valence-electron chi connectivity index (χ0n) is 15.3. The lowest BCUT2D eigenvalue weighted by atomic mass is 9.98. The summed E-state index contributed by atoms with van der Waals surface area (Å²) >= 11 is 0. The molecule has 25 heavy (non-hydrogen) atoms. The molecule has 5 nitrogen and oxygen atoms in total. The summed E-state index contributed by atoms with van der Waals surface area (Å²) in [4.78, 5) is 12.2. The van der Waals surface area contributed by atoms with Gasteiger partial charge in [-0.05, 0) is 37.2 Å². The summed E-state index contributed by atoms with van der Waals surface area (Å²) < 4.78 is 26.7. The first-order valence-corrected chi connectivity index (χ1v) is 10.8. The molecule has 1 saturated heterocycles. The highest BCUT2D eigenvalue weighted by atomic mass is 32.2. The van der Waals surface area contributed by atoms with Crippen LogP contribution in [0.4, 0.5) is 0 Å². The van der Waals surface area contributed by atoms with Gasteiger partial charge in [-0.15, -0.1) is 0 Å². The van der Waals surface area contributed by atoms with Gasteiger partial charge in [-0.1, -0.05) is 44.2 Å². The fraction of sp³-hybridized carbons (Fsp3) is 0.632. The zero-order valence-corrected chi connectivity index (χ0v) is 16.1. The van der Waals surface area contributed by atoms with Crippen LogP contribution >= 0.6 is 0 Å². The van der Waals surface area contributed by atoms with E-state index in [2.05, 4.69) is 5.32 Å². The molecule has 0 aromatic heterocycles. The van der Waals surface area contributed by atoms with Crippen molar-refractivity contribution in [3.63, 3.8) is 0 Å². The average Bonchev–Trinajstić information content (AvgIpc) is 2.60. The van der Waals surface area contributed by atoms with Crippen molar-refractivity contribution in [2.24, 2.45) is 11.8 Å². The summed E-state index contributed by atoms with van der Waals surface area (Å²) in [6.45, 7) is 5.58. The van der Waals surface area contributed by atoms with Crippen LogP contribution in [0.1, 0.15) is 38.7 Å². The number of carbonyl (C=O) groups is 1. The molecular formula is C19H30N2O3S. The Morgan fingerprint density at radius 2 is 2.00 bits per heavy atom. The second-order valence-corrected chi connectivity index (χ2v) is 9.33. The molecule has 0 saturated carbocycles. The Balaban J connectivity index is 1.84. The first-order valence-electron chi connectivity index (χ1n) is 9.18. The second kappa shape index (κ2) is 9.34. The van der Waals surface area contributed by atoms with Crippen LogP contribution in [-0.4, -0.2) is 44.0 Å². The van der Waals surface area contributed by atoms with Crippen LogP contribution in [0, 0.1) is 11.8 Å². The van der Waals surface area contributed by atoms with Crippen LogP contribution in [0.25, 0.3) is 0 Å². The van der Waals surface area contributed by atoms with Gasteiger partial charge >= 0.3 is 0 Å². The van der Waals surface area contributed by atoms with Crippen molar-refractivity contribution in [1.82, 2.24) is 9.62 Å². The number of aryl methyl sites for hydroxylation is 1. The molecule has 0 aliphatic carbocycles. The number of hydrogen-bond donors (Lipinski definition) is 1. The van der Waals surface area contributed by atoms with Crippen LogP contribution in [0.15, 0.2) is 30.3 Å². The minimum absolute atomic E-state index is 0.0158. The van der Waals surface area contributed by atoms with Gasteiger partial charge in [0, 0.05) is 19.6 Å². The smallest absolute Gasteiger partial charge is 0.224 e.